The van der Waals surface area contributed by atoms with Crippen molar-refractivity contribution in [2.24, 2.45) is 0 Å². The smallest absolute Gasteiger partial charge is 0.246 e. The molecule has 21 heavy (non-hydrogen) atoms. The summed E-state index contributed by atoms with van der Waals surface area (Å²) in [5, 5.41) is 6.71. The van der Waals surface area contributed by atoms with E-state index in [2.05, 4.69) is 17.6 Å². The topological polar surface area (TPSA) is 41.1 Å². The third-order valence-electron chi connectivity index (χ3n) is 3.25. The third-order valence-corrected chi connectivity index (χ3v) is 3.50. The normalized spacial score (nSPS) is 11.8. The highest BCUT2D eigenvalue weighted by molar-refractivity contribution is 6.30. The van der Waals surface area contributed by atoms with Crippen LogP contribution < -0.4 is 10.6 Å². The molecule has 3 nitrogen and oxygen atoms in total. The van der Waals surface area contributed by atoms with Crippen LogP contribution in [0.2, 0.25) is 5.02 Å². The summed E-state index contributed by atoms with van der Waals surface area (Å²) in [5.74, 6) is -0.0748. The van der Waals surface area contributed by atoms with Gasteiger partial charge < -0.3 is 10.6 Å². The highest BCUT2D eigenvalue weighted by Gasteiger charge is 2.12. The van der Waals surface area contributed by atoms with Gasteiger partial charge in [-0.1, -0.05) is 30.7 Å². The molecule has 0 saturated carbocycles. The van der Waals surface area contributed by atoms with Crippen LogP contribution in [0, 0.1) is 0 Å². The summed E-state index contributed by atoms with van der Waals surface area (Å²) < 4.78 is 0. The Morgan fingerprint density at radius 3 is 2.19 bits per heavy atom. The van der Waals surface area contributed by atoms with Crippen LogP contribution in [0.25, 0.3) is 0 Å². The minimum atomic E-state index is -0.336. The van der Waals surface area contributed by atoms with Crippen molar-refractivity contribution in [2.75, 3.05) is 10.6 Å². The number of rotatable bonds is 5. The lowest BCUT2D eigenvalue weighted by Crippen LogP contribution is -2.31. The number of carbonyl (C=O) groups excluding carboxylic acids is 1. The fraction of sp³-hybridized carbons (Fsp3) is 0.235. The summed E-state index contributed by atoms with van der Waals surface area (Å²) in [7, 11) is 0. The quantitative estimate of drug-likeness (QED) is 0.862. The number of nitrogens with one attached hydrogen (secondary N) is 2. The molecule has 0 unspecified atom stereocenters. The van der Waals surface area contributed by atoms with Gasteiger partial charge in [0, 0.05) is 16.4 Å². The number of anilines is 2. The second kappa shape index (κ2) is 7.14. The zero-order valence-corrected chi connectivity index (χ0v) is 12.9. The molecule has 0 fully saturated rings. The van der Waals surface area contributed by atoms with Crippen molar-refractivity contribution in [1.82, 2.24) is 0 Å². The van der Waals surface area contributed by atoms with E-state index in [1.54, 1.807) is 12.1 Å². The Hall–Kier alpha value is -2.00. The number of halogens is 1. The molecule has 2 aromatic carbocycles. The van der Waals surface area contributed by atoms with Crippen molar-refractivity contribution >= 4 is 28.9 Å². The molecule has 0 spiro atoms. The molecule has 2 N–H and O–H groups in total. The molecular formula is C17H19ClN2O. The predicted molar refractivity (Wildman–Crippen MR) is 89.0 cm³/mol. The van der Waals surface area contributed by atoms with Crippen molar-refractivity contribution < 1.29 is 4.79 Å². The van der Waals surface area contributed by atoms with Crippen LogP contribution >= 0.6 is 11.6 Å². The van der Waals surface area contributed by atoms with Crippen molar-refractivity contribution in [3.05, 3.63) is 59.1 Å². The van der Waals surface area contributed by atoms with E-state index in [0.717, 1.165) is 17.8 Å². The zero-order valence-electron chi connectivity index (χ0n) is 12.2. The Morgan fingerprint density at radius 1 is 1.05 bits per heavy atom. The van der Waals surface area contributed by atoms with Gasteiger partial charge in [0.1, 0.15) is 6.04 Å². The second-order valence-electron chi connectivity index (χ2n) is 4.91. The van der Waals surface area contributed by atoms with Gasteiger partial charge in [-0.25, -0.2) is 0 Å². The standard InChI is InChI=1S/C17H19ClN2O/c1-3-13-4-8-16(9-5-13)20-17(21)12(2)19-15-10-6-14(18)7-11-15/h4-12,19H,3H2,1-2H3,(H,20,21)/t12-/m0/s1. The van der Waals surface area contributed by atoms with E-state index in [1.807, 2.05) is 43.3 Å². The summed E-state index contributed by atoms with van der Waals surface area (Å²) in [6.07, 6.45) is 0.989. The molecule has 0 aliphatic carbocycles. The molecule has 0 aliphatic rings. The highest BCUT2D eigenvalue weighted by Crippen LogP contribution is 2.15. The average Bonchev–Trinajstić information content (AvgIpc) is 2.50. The lowest BCUT2D eigenvalue weighted by atomic mass is 10.1. The van der Waals surface area contributed by atoms with Gasteiger partial charge in [0.25, 0.3) is 0 Å². The molecule has 1 atom stereocenters. The zero-order chi connectivity index (χ0) is 15.2. The predicted octanol–water partition coefficient (Wildman–Crippen LogP) is 4.34. The number of hydrogen-bond donors (Lipinski definition) is 2. The monoisotopic (exact) mass is 302 g/mol. The fourth-order valence-corrected chi connectivity index (χ4v) is 2.06. The van der Waals surface area contributed by atoms with Crippen LogP contribution in [-0.4, -0.2) is 11.9 Å². The molecule has 0 heterocycles. The number of aryl methyl sites for hydroxylation is 1. The maximum absolute atomic E-state index is 12.1. The van der Waals surface area contributed by atoms with E-state index in [1.165, 1.54) is 5.56 Å². The van der Waals surface area contributed by atoms with Crippen LogP contribution in [0.5, 0.6) is 0 Å². The first-order valence-corrected chi connectivity index (χ1v) is 7.38. The number of carbonyl (C=O) groups is 1. The molecular weight excluding hydrogens is 284 g/mol. The Labute approximate surface area is 130 Å². The molecule has 0 bridgehead atoms. The van der Waals surface area contributed by atoms with Gasteiger partial charge in [0.05, 0.1) is 0 Å². The van der Waals surface area contributed by atoms with Gasteiger partial charge in [-0.2, -0.15) is 0 Å². The molecule has 0 aliphatic heterocycles. The minimum Gasteiger partial charge on any atom is -0.374 e. The molecule has 0 aromatic heterocycles. The molecule has 110 valence electrons. The maximum atomic E-state index is 12.1. The first kappa shape index (κ1) is 15.4. The highest BCUT2D eigenvalue weighted by atomic mass is 35.5. The SMILES string of the molecule is CCc1ccc(NC(=O)[C@H](C)Nc2ccc(Cl)cc2)cc1. The largest absolute Gasteiger partial charge is 0.374 e. The molecule has 1 amide bonds. The Morgan fingerprint density at radius 2 is 1.62 bits per heavy atom. The lowest BCUT2D eigenvalue weighted by molar-refractivity contribution is -0.116. The number of benzene rings is 2. The fourth-order valence-electron chi connectivity index (χ4n) is 1.94. The van der Waals surface area contributed by atoms with E-state index in [9.17, 15) is 4.79 Å². The van der Waals surface area contributed by atoms with Crippen LogP contribution in [0.1, 0.15) is 19.4 Å². The Bertz CT molecular complexity index is 593. The molecule has 0 radical (unpaired) electrons. The van der Waals surface area contributed by atoms with E-state index in [4.69, 9.17) is 11.6 Å². The average molecular weight is 303 g/mol. The summed E-state index contributed by atoms with van der Waals surface area (Å²) in [4.78, 5) is 12.1. The lowest BCUT2D eigenvalue weighted by Gasteiger charge is -2.15. The van der Waals surface area contributed by atoms with E-state index in [0.29, 0.717) is 5.02 Å². The Balaban J connectivity index is 1.93. The van der Waals surface area contributed by atoms with Crippen LogP contribution in [-0.2, 0) is 11.2 Å². The van der Waals surface area contributed by atoms with Gasteiger partial charge in [0.15, 0.2) is 0 Å². The summed E-state index contributed by atoms with van der Waals surface area (Å²) in [6, 6.07) is 14.8. The van der Waals surface area contributed by atoms with Crippen molar-refractivity contribution in [3.63, 3.8) is 0 Å². The molecule has 4 heteroatoms. The number of hydrogen-bond acceptors (Lipinski definition) is 2. The molecule has 2 rings (SSSR count). The van der Waals surface area contributed by atoms with E-state index >= 15 is 0 Å². The maximum Gasteiger partial charge on any atom is 0.246 e. The van der Waals surface area contributed by atoms with E-state index < -0.39 is 0 Å². The molecule has 0 saturated heterocycles. The van der Waals surface area contributed by atoms with Gasteiger partial charge in [-0.3, -0.25) is 4.79 Å². The van der Waals surface area contributed by atoms with Gasteiger partial charge in [-0.05, 0) is 55.3 Å². The summed E-state index contributed by atoms with van der Waals surface area (Å²) in [6.45, 7) is 3.93. The number of amides is 1. The summed E-state index contributed by atoms with van der Waals surface area (Å²) in [5.41, 5.74) is 2.92. The summed E-state index contributed by atoms with van der Waals surface area (Å²) >= 11 is 5.84. The van der Waals surface area contributed by atoms with E-state index in [-0.39, 0.29) is 11.9 Å². The second-order valence-corrected chi connectivity index (χ2v) is 5.35. The van der Waals surface area contributed by atoms with Crippen LogP contribution in [0.4, 0.5) is 11.4 Å². The van der Waals surface area contributed by atoms with Crippen molar-refractivity contribution in [3.8, 4) is 0 Å². The van der Waals surface area contributed by atoms with Crippen LogP contribution in [0.3, 0.4) is 0 Å². The minimum absolute atomic E-state index is 0.0748. The van der Waals surface area contributed by atoms with Gasteiger partial charge >= 0.3 is 0 Å². The Kier molecular flexibility index (Phi) is 5.23. The third kappa shape index (κ3) is 4.50. The van der Waals surface area contributed by atoms with Crippen LogP contribution in [0.15, 0.2) is 48.5 Å². The molecule has 2 aromatic rings. The van der Waals surface area contributed by atoms with Gasteiger partial charge in [-0.15, -0.1) is 0 Å². The van der Waals surface area contributed by atoms with Crippen molar-refractivity contribution in [2.45, 2.75) is 26.3 Å². The van der Waals surface area contributed by atoms with Gasteiger partial charge in [0.2, 0.25) is 5.91 Å². The first-order valence-electron chi connectivity index (χ1n) is 7.00. The first-order chi connectivity index (χ1) is 10.1. The van der Waals surface area contributed by atoms with Crippen molar-refractivity contribution in [1.29, 1.82) is 0 Å².